The topological polar surface area (TPSA) is 72.9 Å². The molecule has 0 atom stereocenters. The first-order valence-electron chi connectivity index (χ1n) is 4.76. The van der Waals surface area contributed by atoms with Gasteiger partial charge in [-0.05, 0) is 11.4 Å². The number of hydrogen-bond donors (Lipinski definition) is 2. The van der Waals surface area contributed by atoms with Gasteiger partial charge in [-0.3, -0.25) is 9.48 Å². The van der Waals surface area contributed by atoms with Gasteiger partial charge in [0.2, 0.25) is 0 Å². The van der Waals surface area contributed by atoms with Gasteiger partial charge < -0.3 is 11.1 Å². The fourth-order valence-corrected chi connectivity index (χ4v) is 2.11. The van der Waals surface area contributed by atoms with E-state index in [9.17, 15) is 4.79 Å². The summed E-state index contributed by atoms with van der Waals surface area (Å²) < 4.78 is 1.53. The predicted molar refractivity (Wildman–Crippen MR) is 71.4 cm³/mol. The van der Waals surface area contributed by atoms with Crippen molar-refractivity contribution < 1.29 is 4.79 Å². The van der Waals surface area contributed by atoms with E-state index in [1.165, 1.54) is 22.2 Å². The smallest absolute Gasteiger partial charge is 0.266 e. The van der Waals surface area contributed by atoms with Gasteiger partial charge in [-0.25, -0.2) is 0 Å². The first-order valence-corrected chi connectivity index (χ1v) is 6.05. The van der Waals surface area contributed by atoms with E-state index in [-0.39, 0.29) is 10.9 Å². The molecule has 0 saturated carbocycles. The summed E-state index contributed by atoms with van der Waals surface area (Å²) in [6.45, 7) is 0. The summed E-state index contributed by atoms with van der Waals surface area (Å²) in [7, 11) is 1.71. The minimum absolute atomic E-state index is 0.193. The van der Waals surface area contributed by atoms with Crippen LogP contribution in [0.3, 0.4) is 0 Å². The zero-order chi connectivity index (χ0) is 12.4. The molecule has 2 heterocycles. The zero-order valence-electron chi connectivity index (χ0n) is 9.01. The van der Waals surface area contributed by atoms with Crippen molar-refractivity contribution in [2.45, 2.75) is 0 Å². The Bertz CT molecular complexity index is 559. The highest BCUT2D eigenvalue weighted by atomic mass is 32.1. The highest BCUT2D eigenvalue weighted by Gasteiger charge is 2.15. The Labute approximate surface area is 107 Å². The molecule has 0 spiro atoms. The second kappa shape index (κ2) is 4.64. The molecule has 0 aromatic carbocycles. The van der Waals surface area contributed by atoms with Gasteiger partial charge in [0.1, 0.15) is 10.8 Å². The van der Waals surface area contributed by atoms with Crippen LogP contribution in [0.25, 0.3) is 0 Å². The Hall–Kier alpha value is -1.73. The Morgan fingerprint density at radius 1 is 1.65 bits per heavy atom. The third kappa shape index (κ3) is 2.34. The van der Waals surface area contributed by atoms with E-state index < -0.39 is 0 Å². The Balaban J connectivity index is 2.27. The molecular formula is C10H10N4OS2. The van der Waals surface area contributed by atoms with Crippen molar-refractivity contribution >= 4 is 40.3 Å². The molecule has 0 unspecified atom stereocenters. The second-order valence-electron chi connectivity index (χ2n) is 3.33. The van der Waals surface area contributed by atoms with Gasteiger partial charge in [-0.2, -0.15) is 5.10 Å². The summed E-state index contributed by atoms with van der Waals surface area (Å²) in [6.07, 6.45) is 1.53. The molecule has 2 rings (SSSR count). The molecule has 17 heavy (non-hydrogen) atoms. The van der Waals surface area contributed by atoms with Crippen LogP contribution in [-0.2, 0) is 7.05 Å². The molecule has 2 aromatic rings. The number of rotatable bonds is 3. The lowest BCUT2D eigenvalue weighted by Crippen LogP contribution is -2.18. The molecule has 5 nitrogen and oxygen atoms in total. The summed E-state index contributed by atoms with van der Waals surface area (Å²) in [5, 5.41) is 8.60. The molecule has 0 bridgehead atoms. The van der Waals surface area contributed by atoms with Crippen LogP contribution in [-0.4, -0.2) is 20.7 Å². The van der Waals surface area contributed by atoms with E-state index in [0.29, 0.717) is 16.3 Å². The summed E-state index contributed by atoms with van der Waals surface area (Å²) in [5.41, 5.74) is 6.11. The van der Waals surface area contributed by atoms with E-state index in [1.807, 2.05) is 11.4 Å². The minimum Gasteiger partial charge on any atom is -0.389 e. The van der Waals surface area contributed by atoms with E-state index in [4.69, 9.17) is 18.0 Å². The molecule has 0 aliphatic rings. The van der Waals surface area contributed by atoms with Crippen LogP contribution < -0.4 is 11.1 Å². The van der Waals surface area contributed by atoms with Crippen LogP contribution in [0, 0.1) is 0 Å². The Morgan fingerprint density at radius 2 is 2.41 bits per heavy atom. The number of nitrogens with zero attached hydrogens (tertiary/aromatic N) is 2. The second-order valence-corrected chi connectivity index (χ2v) is 4.71. The average Bonchev–Trinajstić information content (AvgIpc) is 2.89. The third-order valence-corrected chi connectivity index (χ3v) is 3.27. The average molecular weight is 266 g/mol. The number of carbonyl (C=O) groups is 1. The number of carbonyl (C=O) groups excluding carboxylic acids is 1. The number of thiophene rings is 1. The third-order valence-electron chi connectivity index (χ3n) is 2.18. The largest absolute Gasteiger partial charge is 0.389 e. The minimum atomic E-state index is -0.193. The summed E-state index contributed by atoms with van der Waals surface area (Å²) in [6, 6.07) is 3.56. The maximum atomic E-state index is 11.9. The predicted octanol–water partition coefficient (Wildman–Crippen LogP) is 1.37. The number of aromatic nitrogens is 2. The molecule has 0 aliphatic heterocycles. The highest BCUT2D eigenvalue weighted by Crippen LogP contribution is 2.16. The van der Waals surface area contributed by atoms with Crippen molar-refractivity contribution in [1.82, 2.24) is 9.78 Å². The number of aryl methyl sites for hydroxylation is 1. The van der Waals surface area contributed by atoms with Crippen LogP contribution >= 0.6 is 23.6 Å². The van der Waals surface area contributed by atoms with Gasteiger partial charge in [-0.1, -0.05) is 18.3 Å². The van der Waals surface area contributed by atoms with Gasteiger partial charge >= 0.3 is 0 Å². The normalized spacial score (nSPS) is 10.2. The summed E-state index contributed by atoms with van der Waals surface area (Å²) in [4.78, 5) is 12.7. The fourth-order valence-electron chi connectivity index (χ4n) is 1.34. The molecule has 0 saturated heterocycles. The quantitative estimate of drug-likeness (QED) is 0.823. The Morgan fingerprint density at radius 3 is 3.00 bits per heavy atom. The first kappa shape index (κ1) is 11.7. The maximum Gasteiger partial charge on any atom is 0.266 e. The molecule has 88 valence electrons. The lowest BCUT2D eigenvalue weighted by atomic mass is 10.3. The first-order chi connectivity index (χ1) is 8.09. The van der Waals surface area contributed by atoms with Crippen molar-refractivity contribution in [3.63, 3.8) is 0 Å². The van der Waals surface area contributed by atoms with Crippen LogP contribution in [0.1, 0.15) is 15.2 Å². The molecule has 3 N–H and O–H groups in total. The number of nitrogens with two attached hydrogens (primary N) is 1. The molecule has 0 fully saturated rings. The van der Waals surface area contributed by atoms with Gasteiger partial charge in [0.05, 0.1) is 16.6 Å². The standard InChI is InChI=1S/C10H10N4OS2/c1-14-9(6(5-12-14)8(11)16)13-10(15)7-3-2-4-17-7/h2-5H,1H3,(H2,11,16)(H,13,15). The van der Waals surface area contributed by atoms with Gasteiger partial charge in [-0.15, -0.1) is 11.3 Å². The molecule has 7 heteroatoms. The summed E-state index contributed by atoms with van der Waals surface area (Å²) >= 11 is 6.26. The van der Waals surface area contributed by atoms with Crippen molar-refractivity contribution in [3.05, 3.63) is 34.2 Å². The van der Waals surface area contributed by atoms with E-state index in [1.54, 1.807) is 13.1 Å². The highest BCUT2D eigenvalue weighted by molar-refractivity contribution is 7.80. The summed E-state index contributed by atoms with van der Waals surface area (Å²) in [5.74, 6) is 0.317. The lowest BCUT2D eigenvalue weighted by molar-refractivity contribution is 0.102. The van der Waals surface area contributed by atoms with Crippen LogP contribution in [0.4, 0.5) is 5.82 Å². The lowest BCUT2D eigenvalue weighted by Gasteiger charge is -2.06. The SMILES string of the molecule is Cn1ncc(C(N)=S)c1NC(=O)c1cccs1. The molecule has 0 aliphatic carbocycles. The molecule has 1 amide bonds. The van der Waals surface area contributed by atoms with E-state index >= 15 is 0 Å². The molecular weight excluding hydrogens is 256 g/mol. The monoisotopic (exact) mass is 266 g/mol. The van der Waals surface area contributed by atoms with Gasteiger partial charge in [0, 0.05) is 7.05 Å². The van der Waals surface area contributed by atoms with Crippen LogP contribution in [0.15, 0.2) is 23.7 Å². The molecule has 0 radical (unpaired) electrons. The number of nitrogens with one attached hydrogen (secondary N) is 1. The van der Waals surface area contributed by atoms with Crippen molar-refractivity contribution in [3.8, 4) is 0 Å². The number of thiocarbonyl (C=S) groups is 1. The van der Waals surface area contributed by atoms with Gasteiger partial charge in [0.15, 0.2) is 0 Å². The van der Waals surface area contributed by atoms with Gasteiger partial charge in [0.25, 0.3) is 5.91 Å². The number of anilines is 1. The molecule has 2 aromatic heterocycles. The zero-order valence-corrected chi connectivity index (χ0v) is 10.6. The van der Waals surface area contributed by atoms with Crippen LogP contribution in [0.2, 0.25) is 0 Å². The van der Waals surface area contributed by atoms with Crippen molar-refractivity contribution in [1.29, 1.82) is 0 Å². The van der Waals surface area contributed by atoms with E-state index in [2.05, 4.69) is 10.4 Å². The Kier molecular flexibility index (Phi) is 3.21. The fraction of sp³-hybridized carbons (Fsp3) is 0.100. The maximum absolute atomic E-state index is 11.9. The van der Waals surface area contributed by atoms with Crippen LogP contribution in [0.5, 0.6) is 0 Å². The number of amides is 1. The van der Waals surface area contributed by atoms with Crippen molar-refractivity contribution in [2.75, 3.05) is 5.32 Å². The van der Waals surface area contributed by atoms with E-state index in [0.717, 1.165) is 0 Å². The van der Waals surface area contributed by atoms with Crippen molar-refractivity contribution in [2.24, 2.45) is 12.8 Å². The number of hydrogen-bond acceptors (Lipinski definition) is 4.